The third-order valence-electron chi connectivity index (χ3n) is 2.98. The number of benzene rings is 2. The molecule has 1 amide bonds. The minimum Gasteiger partial charge on any atom is -0.337 e. The van der Waals surface area contributed by atoms with Gasteiger partial charge in [0.15, 0.2) is 0 Å². The maximum atomic E-state index is 13.8. The van der Waals surface area contributed by atoms with Gasteiger partial charge in [0.25, 0.3) is 5.91 Å². The van der Waals surface area contributed by atoms with E-state index < -0.39 is 17.5 Å². The molecule has 2 aromatic rings. The number of nitrogens with zero attached hydrogens (tertiary/aromatic N) is 1. The molecule has 110 valence electrons. The Balaban J connectivity index is 2.29. The van der Waals surface area contributed by atoms with Gasteiger partial charge in [-0.05, 0) is 40.2 Å². The molecule has 21 heavy (non-hydrogen) atoms. The number of carbonyl (C=O) groups is 1. The molecule has 0 heterocycles. The van der Waals surface area contributed by atoms with E-state index in [1.54, 1.807) is 6.07 Å². The van der Waals surface area contributed by atoms with E-state index in [0.29, 0.717) is 4.47 Å². The topological polar surface area (TPSA) is 20.3 Å². The molecule has 0 bridgehead atoms. The molecule has 0 aliphatic carbocycles. The molecule has 2 rings (SSSR count). The van der Waals surface area contributed by atoms with E-state index in [0.717, 1.165) is 0 Å². The Morgan fingerprint density at radius 3 is 2.43 bits per heavy atom. The summed E-state index contributed by atoms with van der Waals surface area (Å²) in [5.41, 5.74) is 0.106. The van der Waals surface area contributed by atoms with Crippen LogP contribution in [-0.4, -0.2) is 17.9 Å². The van der Waals surface area contributed by atoms with Crippen molar-refractivity contribution in [2.75, 3.05) is 7.05 Å². The van der Waals surface area contributed by atoms with E-state index in [1.807, 2.05) is 0 Å². The highest BCUT2D eigenvalue weighted by molar-refractivity contribution is 9.10. The molecule has 0 N–H and O–H groups in total. The smallest absolute Gasteiger partial charge is 0.258 e. The monoisotopic (exact) mass is 373 g/mol. The molecular weight excluding hydrogens is 364 g/mol. The molecule has 0 aromatic heterocycles. The number of hydrogen-bond acceptors (Lipinski definition) is 1. The van der Waals surface area contributed by atoms with Crippen molar-refractivity contribution >= 4 is 33.4 Å². The molecule has 0 fully saturated rings. The summed E-state index contributed by atoms with van der Waals surface area (Å²) in [6.45, 7) is -0.0505. The van der Waals surface area contributed by atoms with Gasteiger partial charge in [-0.1, -0.05) is 23.7 Å². The lowest BCUT2D eigenvalue weighted by atomic mass is 10.1. The van der Waals surface area contributed by atoms with E-state index in [1.165, 1.54) is 42.3 Å². The fraction of sp³-hybridized carbons (Fsp3) is 0.133. The third-order valence-corrected chi connectivity index (χ3v) is 4.00. The van der Waals surface area contributed by atoms with E-state index in [2.05, 4.69) is 15.9 Å². The summed E-state index contributed by atoms with van der Waals surface area (Å²) >= 11 is 9.07. The van der Waals surface area contributed by atoms with Crippen molar-refractivity contribution in [3.05, 3.63) is 68.7 Å². The molecule has 0 saturated carbocycles. The summed E-state index contributed by atoms with van der Waals surface area (Å²) < 4.78 is 27.9. The fourth-order valence-electron chi connectivity index (χ4n) is 1.89. The van der Waals surface area contributed by atoms with Crippen LogP contribution in [0.15, 0.2) is 40.9 Å². The molecule has 0 aliphatic heterocycles. The van der Waals surface area contributed by atoms with Gasteiger partial charge in [0.2, 0.25) is 0 Å². The van der Waals surface area contributed by atoms with Gasteiger partial charge in [-0.3, -0.25) is 4.79 Å². The van der Waals surface area contributed by atoms with Crippen LogP contribution < -0.4 is 0 Å². The van der Waals surface area contributed by atoms with Crippen molar-refractivity contribution in [2.24, 2.45) is 0 Å². The van der Waals surface area contributed by atoms with Crippen LogP contribution in [-0.2, 0) is 6.54 Å². The number of rotatable bonds is 3. The fourth-order valence-corrected chi connectivity index (χ4v) is 2.62. The standard InChI is InChI=1S/C15H11BrClF2NO/c1-20(8-9-11(17)5-3-6-12(9)18)15(21)14-10(16)4-2-7-13(14)19/h2-7H,8H2,1H3. The van der Waals surface area contributed by atoms with Crippen molar-refractivity contribution in [1.29, 1.82) is 0 Å². The van der Waals surface area contributed by atoms with Gasteiger partial charge >= 0.3 is 0 Å². The quantitative estimate of drug-likeness (QED) is 0.765. The average Bonchev–Trinajstić information content (AvgIpc) is 2.42. The summed E-state index contributed by atoms with van der Waals surface area (Å²) in [7, 11) is 1.46. The second-order valence-electron chi connectivity index (χ2n) is 4.46. The van der Waals surface area contributed by atoms with Crippen molar-refractivity contribution in [3.8, 4) is 0 Å². The van der Waals surface area contributed by atoms with Crippen LogP contribution in [0.25, 0.3) is 0 Å². The van der Waals surface area contributed by atoms with Crippen LogP contribution in [0.2, 0.25) is 5.02 Å². The summed E-state index contributed by atoms with van der Waals surface area (Å²) in [5, 5.41) is 0.224. The molecule has 0 radical (unpaired) electrons. The molecule has 6 heteroatoms. The third kappa shape index (κ3) is 3.41. The van der Waals surface area contributed by atoms with E-state index in [9.17, 15) is 13.6 Å². The lowest BCUT2D eigenvalue weighted by Gasteiger charge is -2.19. The Labute approximate surface area is 134 Å². The average molecular weight is 375 g/mol. The predicted octanol–water partition coefficient (Wildman–Crippen LogP) is 4.65. The lowest BCUT2D eigenvalue weighted by Crippen LogP contribution is -2.28. The molecule has 2 nitrogen and oxygen atoms in total. The maximum absolute atomic E-state index is 13.8. The second-order valence-corrected chi connectivity index (χ2v) is 5.72. The first-order chi connectivity index (χ1) is 9.91. The minimum absolute atomic E-state index is 0.0505. The first kappa shape index (κ1) is 15.9. The maximum Gasteiger partial charge on any atom is 0.258 e. The zero-order valence-electron chi connectivity index (χ0n) is 11.0. The number of halogens is 4. The largest absolute Gasteiger partial charge is 0.337 e. The first-order valence-corrected chi connectivity index (χ1v) is 7.21. The summed E-state index contributed by atoms with van der Waals surface area (Å²) in [4.78, 5) is 13.5. The Bertz CT molecular complexity index is 653. The highest BCUT2D eigenvalue weighted by Crippen LogP contribution is 2.24. The highest BCUT2D eigenvalue weighted by Gasteiger charge is 2.21. The normalized spacial score (nSPS) is 10.5. The number of hydrogen-bond donors (Lipinski definition) is 0. The van der Waals surface area contributed by atoms with Crippen LogP contribution in [0.1, 0.15) is 15.9 Å². The van der Waals surface area contributed by atoms with Gasteiger partial charge in [-0.15, -0.1) is 0 Å². The Hall–Kier alpha value is -1.46. The van der Waals surface area contributed by atoms with Crippen LogP contribution in [0.3, 0.4) is 0 Å². The van der Waals surface area contributed by atoms with Crippen molar-refractivity contribution in [2.45, 2.75) is 6.54 Å². The molecule has 0 atom stereocenters. The van der Waals surface area contributed by atoms with Gasteiger partial charge < -0.3 is 4.90 Å². The van der Waals surface area contributed by atoms with Crippen LogP contribution >= 0.6 is 27.5 Å². The zero-order valence-corrected chi connectivity index (χ0v) is 13.4. The first-order valence-electron chi connectivity index (χ1n) is 6.04. The summed E-state index contributed by atoms with van der Waals surface area (Å²) in [6.07, 6.45) is 0. The van der Waals surface area contributed by atoms with Gasteiger partial charge in [0.05, 0.1) is 5.56 Å². The Morgan fingerprint density at radius 1 is 1.19 bits per heavy atom. The van der Waals surface area contributed by atoms with E-state index in [-0.39, 0.29) is 22.7 Å². The Kier molecular flexibility index (Phi) is 4.96. The molecule has 2 aromatic carbocycles. The summed E-state index contributed by atoms with van der Waals surface area (Å²) in [6, 6.07) is 8.54. The van der Waals surface area contributed by atoms with Crippen molar-refractivity contribution in [1.82, 2.24) is 4.90 Å². The van der Waals surface area contributed by atoms with Gasteiger partial charge in [-0.2, -0.15) is 0 Å². The molecule has 0 spiro atoms. The summed E-state index contributed by atoms with van der Waals surface area (Å²) in [5.74, 6) is -1.70. The SMILES string of the molecule is CN(Cc1c(F)cccc1Cl)C(=O)c1c(F)cccc1Br. The second kappa shape index (κ2) is 6.54. The van der Waals surface area contributed by atoms with Gasteiger partial charge in [0.1, 0.15) is 11.6 Å². The van der Waals surface area contributed by atoms with Gasteiger partial charge in [0, 0.05) is 28.7 Å². The Morgan fingerprint density at radius 2 is 1.81 bits per heavy atom. The molecular formula is C15H11BrClF2NO. The number of carbonyl (C=O) groups excluding carboxylic acids is 1. The van der Waals surface area contributed by atoms with Gasteiger partial charge in [-0.25, -0.2) is 8.78 Å². The van der Waals surface area contributed by atoms with Crippen molar-refractivity contribution < 1.29 is 13.6 Å². The van der Waals surface area contributed by atoms with Crippen LogP contribution in [0.4, 0.5) is 8.78 Å². The molecule has 0 saturated heterocycles. The van der Waals surface area contributed by atoms with E-state index in [4.69, 9.17) is 11.6 Å². The zero-order chi connectivity index (χ0) is 15.6. The van der Waals surface area contributed by atoms with Crippen molar-refractivity contribution in [3.63, 3.8) is 0 Å². The minimum atomic E-state index is -0.638. The van der Waals surface area contributed by atoms with E-state index >= 15 is 0 Å². The van der Waals surface area contributed by atoms with Crippen LogP contribution in [0.5, 0.6) is 0 Å². The number of amides is 1. The highest BCUT2D eigenvalue weighted by atomic mass is 79.9. The lowest BCUT2D eigenvalue weighted by molar-refractivity contribution is 0.0778. The molecule has 0 unspecified atom stereocenters. The van der Waals surface area contributed by atoms with Crippen LogP contribution in [0, 0.1) is 11.6 Å². The molecule has 0 aliphatic rings. The predicted molar refractivity (Wildman–Crippen MR) is 81.3 cm³/mol.